The maximum Gasteiger partial charge on any atom is 0.122 e. The first-order chi connectivity index (χ1) is 13.1. The Balaban J connectivity index is 1.67. The smallest absolute Gasteiger partial charge is 0.122 e. The summed E-state index contributed by atoms with van der Waals surface area (Å²) in [4.78, 5) is 10.6. The number of benzene rings is 1. The second-order valence-electron chi connectivity index (χ2n) is 6.94. The Morgan fingerprint density at radius 1 is 1.15 bits per heavy atom. The van der Waals surface area contributed by atoms with Crippen LogP contribution < -0.4 is 9.47 Å². The molecule has 2 aromatic rings. The van der Waals surface area contributed by atoms with Crippen LogP contribution in [0.4, 0.5) is 0 Å². The van der Waals surface area contributed by atoms with Gasteiger partial charge in [-0.2, -0.15) is 0 Å². The summed E-state index contributed by atoms with van der Waals surface area (Å²) in [5.74, 6) is 1.62. The molecule has 0 saturated carbocycles. The number of hydrogen-bond donors (Lipinski definition) is 1. The van der Waals surface area contributed by atoms with Gasteiger partial charge in [0.2, 0.25) is 0 Å². The maximum absolute atomic E-state index is 9.55. The summed E-state index contributed by atoms with van der Waals surface area (Å²) in [6, 6.07) is 6.34. The van der Waals surface area contributed by atoms with Crippen molar-refractivity contribution in [2.75, 3.05) is 40.5 Å². The number of nitrogens with zero attached hydrogens (tertiary/aromatic N) is 3. The molecule has 1 aromatic heterocycles. The minimum absolute atomic E-state index is 0.204. The summed E-state index contributed by atoms with van der Waals surface area (Å²) >= 11 is 1.76. The fraction of sp³-hybridized carbons (Fsp3) is 0.550. The molecule has 27 heavy (non-hydrogen) atoms. The zero-order chi connectivity index (χ0) is 19.2. The van der Waals surface area contributed by atoms with Gasteiger partial charge in [0.05, 0.1) is 19.2 Å². The van der Waals surface area contributed by atoms with Gasteiger partial charge in [-0.05, 0) is 31.0 Å². The first kappa shape index (κ1) is 20.1. The highest BCUT2D eigenvalue weighted by atomic mass is 32.1. The van der Waals surface area contributed by atoms with Gasteiger partial charge in [0.1, 0.15) is 11.5 Å². The Morgan fingerprint density at radius 3 is 2.48 bits per heavy atom. The van der Waals surface area contributed by atoms with E-state index in [0.29, 0.717) is 6.04 Å². The van der Waals surface area contributed by atoms with E-state index in [2.05, 4.69) is 26.9 Å². The van der Waals surface area contributed by atoms with E-state index in [1.807, 2.05) is 19.2 Å². The number of aromatic nitrogens is 1. The number of aliphatic hydroxyl groups is 1. The second kappa shape index (κ2) is 9.50. The summed E-state index contributed by atoms with van der Waals surface area (Å²) < 4.78 is 10.8. The monoisotopic (exact) mass is 391 g/mol. The summed E-state index contributed by atoms with van der Waals surface area (Å²) in [5, 5.41) is 10.7. The third-order valence-electron chi connectivity index (χ3n) is 5.00. The summed E-state index contributed by atoms with van der Waals surface area (Å²) in [6.07, 6.45) is 2.76. The minimum Gasteiger partial charge on any atom is -0.497 e. The summed E-state index contributed by atoms with van der Waals surface area (Å²) in [5.41, 5.74) is 1.17. The molecule has 3 rings (SSSR count). The van der Waals surface area contributed by atoms with Crippen molar-refractivity contribution in [3.05, 3.63) is 39.8 Å². The standard InChI is InChI=1S/C20H29N3O3S/c1-15-21-11-20(27-15)14-22-5-6-23(17(13-22)4-7-24)12-16-8-18(25-2)10-19(9-16)26-3/h8-11,17,24H,4-7,12-14H2,1-3H3/t17-/m0/s1. The zero-order valence-electron chi connectivity index (χ0n) is 16.4. The predicted molar refractivity (Wildman–Crippen MR) is 108 cm³/mol. The van der Waals surface area contributed by atoms with Gasteiger partial charge < -0.3 is 14.6 Å². The highest BCUT2D eigenvalue weighted by Gasteiger charge is 2.27. The molecule has 0 unspecified atom stereocenters. The number of rotatable bonds is 8. The van der Waals surface area contributed by atoms with E-state index < -0.39 is 0 Å². The van der Waals surface area contributed by atoms with Gasteiger partial charge in [0.15, 0.2) is 0 Å². The van der Waals surface area contributed by atoms with Crippen LogP contribution in [-0.2, 0) is 13.1 Å². The Morgan fingerprint density at radius 2 is 1.89 bits per heavy atom. The first-order valence-electron chi connectivity index (χ1n) is 9.31. The average Bonchev–Trinajstić information content (AvgIpc) is 3.08. The quantitative estimate of drug-likeness (QED) is 0.746. The maximum atomic E-state index is 9.55. The topological polar surface area (TPSA) is 58.1 Å². The molecular formula is C20H29N3O3S. The van der Waals surface area contributed by atoms with Crippen LogP contribution in [0.2, 0.25) is 0 Å². The molecule has 1 atom stereocenters. The van der Waals surface area contributed by atoms with E-state index in [1.54, 1.807) is 25.6 Å². The van der Waals surface area contributed by atoms with Gasteiger partial charge in [-0.15, -0.1) is 11.3 Å². The van der Waals surface area contributed by atoms with E-state index >= 15 is 0 Å². The fourth-order valence-corrected chi connectivity index (χ4v) is 4.46. The van der Waals surface area contributed by atoms with E-state index in [1.165, 1.54) is 10.4 Å². The SMILES string of the molecule is COc1cc(CN2CCN(Cc3cnc(C)s3)C[C@@H]2CCO)cc(OC)c1. The van der Waals surface area contributed by atoms with Gasteiger partial charge in [-0.25, -0.2) is 4.98 Å². The van der Waals surface area contributed by atoms with E-state index in [-0.39, 0.29) is 6.61 Å². The van der Waals surface area contributed by atoms with Crippen molar-refractivity contribution in [2.45, 2.75) is 32.5 Å². The molecule has 7 heteroatoms. The largest absolute Gasteiger partial charge is 0.497 e. The van der Waals surface area contributed by atoms with Gasteiger partial charge in [-0.3, -0.25) is 9.80 Å². The van der Waals surface area contributed by atoms with Crippen LogP contribution in [-0.4, -0.2) is 66.4 Å². The highest BCUT2D eigenvalue weighted by molar-refractivity contribution is 7.11. The average molecular weight is 392 g/mol. The van der Waals surface area contributed by atoms with Crippen LogP contribution in [0.15, 0.2) is 24.4 Å². The van der Waals surface area contributed by atoms with Gasteiger partial charge in [0, 0.05) is 62.5 Å². The molecule has 1 aliphatic heterocycles. The van der Waals surface area contributed by atoms with Crippen molar-refractivity contribution in [3.8, 4) is 11.5 Å². The molecule has 0 radical (unpaired) electrons. The number of thiazole rings is 1. The van der Waals surface area contributed by atoms with Crippen LogP contribution in [0.5, 0.6) is 11.5 Å². The van der Waals surface area contributed by atoms with Crippen molar-refractivity contribution >= 4 is 11.3 Å². The molecular weight excluding hydrogens is 362 g/mol. The van der Waals surface area contributed by atoms with Crippen LogP contribution in [0.1, 0.15) is 21.9 Å². The lowest BCUT2D eigenvalue weighted by Gasteiger charge is -2.41. The third kappa shape index (κ3) is 5.42. The number of ether oxygens (including phenoxy) is 2. The molecule has 1 aliphatic rings. The molecule has 0 amide bonds. The molecule has 1 N–H and O–H groups in total. The summed E-state index contributed by atoms with van der Waals surface area (Å²) in [6.45, 7) is 6.96. The lowest BCUT2D eigenvalue weighted by molar-refractivity contribution is 0.0503. The third-order valence-corrected chi connectivity index (χ3v) is 5.89. The molecule has 0 aliphatic carbocycles. The predicted octanol–water partition coefficient (Wildman–Crippen LogP) is 2.54. The minimum atomic E-state index is 0.204. The molecule has 2 heterocycles. The number of methoxy groups -OCH3 is 2. The Kier molecular flexibility index (Phi) is 7.07. The number of aliphatic hydroxyl groups excluding tert-OH is 1. The highest BCUT2D eigenvalue weighted by Crippen LogP contribution is 2.26. The normalized spacial score (nSPS) is 18.6. The lowest BCUT2D eigenvalue weighted by Crippen LogP contribution is -2.52. The van der Waals surface area contributed by atoms with Gasteiger partial charge in [0.25, 0.3) is 0 Å². The zero-order valence-corrected chi connectivity index (χ0v) is 17.2. The van der Waals surface area contributed by atoms with Crippen LogP contribution >= 0.6 is 11.3 Å². The van der Waals surface area contributed by atoms with Crippen molar-refractivity contribution < 1.29 is 14.6 Å². The molecule has 148 valence electrons. The van der Waals surface area contributed by atoms with Gasteiger partial charge >= 0.3 is 0 Å². The van der Waals surface area contributed by atoms with Crippen molar-refractivity contribution in [2.24, 2.45) is 0 Å². The molecule has 0 spiro atoms. The van der Waals surface area contributed by atoms with E-state index in [9.17, 15) is 5.11 Å². The number of aryl methyl sites for hydroxylation is 1. The first-order valence-corrected chi connectivity index (χ1v) is 10.1. The molecule has 6 nitrogen and oxygen atoms in total. The number of hydrogen-bond acceptors (Lipinski definition) is 7. The molecule has 1 fully saturated rings. The fourth-order valence-electron chi connectivity index (χ4n) is 3.62. The second-order valence-corrected chi connectivity index (χ2v) is 8.26. The van der Waals surface area contributed by atoms with Crippen molar-refractivity contribution in [3.63, 3.8) is 0 Å². The Labute approximate surface area is 165 Å². The Hall–Kier alpha value is -1.67. The van der Waals surface area contributed by atoms with Crippen LogP contribution in [0.3, 0.4) is 0 Å². The molecule has 1 saturated heterocycles. The van der Waals surface area contributed by atoms with Crippen molar-refractivity contribution in [1.82, 2.24) is 14.8 Å². The van der Waals surface area contributed by atoms with E-state index in [0.717, 1.165) is 55.7 Å². The lowest BCUT2D eigenvalue weighted by atomic mass is 10.1. The van der Waals surface area contributed by atoms with Crippen LogP contribution in [0.25, 0.3) is 0 Å². The van der Waals surface area contributed by atoms with E-state index in [4.69, 9.17) is 9.47 Å². The molecule has 0 bridgehead atoms. The van der Waals surface area contributed by atoms with Crippen molar-refractivity contribution in [1.29, 1.82) is 0 Å². The van der Waals surface area contributed by atoms with Crippen LogP contribution in [0, 0.1) is 6.92 Å². The van der Waals surface area contributed by atoms with Gasteiger partial charge in [-0.1, -0.05) is 0 Å². The number of piperazine rings is 1. The molecule has 1 aromatic carbocycles. The summed E-state index contributed by atoms with van der Waals surface area (Å²) in [7, 11) is 3.35. The Bertz CT molecular complexity index is 715.